The third kappa shape index (κ3) is 2.64. The molecule has 0 aliphatic carbocycles. The van der Waals surface area contributed by atoms with Gasteiger partial charge in [-0.1, -0.05) is 18.2 Å². The smallest absolute Gasteiger partial charge is 0.322 e. The molecule has 1 aliphatic rings. The van der Waals surface area contributed by atoms with Crippen LogP contribution in [0.5, 0.6) is 5.75 Å². The minimum absolute atomic E-state index is 0.0659. The lowest BCUT2D eigenvalue weighted by molar-refractivity contribution is 0.212. The predicted molar refractivity (Wildman–Crippen MR) is 87.2 cm³/mol. The van der Waals surface area contributed by atoms with Gasteiger partial charge in [-0.2, -0.15) is 0 Å². The maximum atomic E-state index is 12.5. The van der Waals surface area contributed by atoms with E-state index in [1.165, 1.54) is 16.7 Å². The molecule has 1 N–H and O–H groups in total. The van der Waals surface area contributed by atoms with E-state index in [9.17, 15) is 4.79 Å². The van der Waals surface area contributed by atoms with Gasteiger partial charge in [0.1, 0.15) is 5.75 Å². The highest BCUT2D eigenvalue weighted by atomic mass is 16.5. The van der Waals surface area contributed by atoms with E-state index < -0.39 is 0 Å². The summed E-state index contributed by atoms with van der Waals surface area (Å²) in [6.07, 6.45) is 0. The Hall–Kier alpha value is -2.49. The van der Waals surface area contributed by atoms with Gasteiger partial charge >= 0.3 is 6.03 Å². The SMILES string of the molecule is COc1ccc(NC(=O)N2Cc3cccc(C)c3C2)c(C)c1. The zero-order valence-corrected chi connectivity index (χ0v) is 13.1. The second-order valence-electron chi connectivity index (χ2n) is 5.68. The monoisotopic (exact) mass is 296 g/mol. The molecule has 0 radical (unpaired) electrons. The molecule has 0 fully saturated rings. The van der Waals surface area contributed by atoms with Crippen molar-refractivity contribution in [2.45, 2.75) is 26.9 Å². The number of nitrogens with zero attached hydrogens (tertiary/aromatic N) is 1. The number of fused-ring (bicyclic) bond motifs is 1. The van der Waals surface area contributed by atoms with Gasteiger partial charge in [-0.3, -0.25) is 0 Å². The van der Waals surface area contributed by atoms with Crippen LogP contribution in [0.4, 0.5) is 10.5 Å². The molecular formula is C18H20N2O2. The van der Waals surface area contributed by atoms with E-state index in [0.717, 1.165) is 17.0 Å². The summed E-state index contributed by atoms with van der Waals surface area (Å²) in [5.74, 6) is 0.791. The fraction of sp³-hybridized carbons (Fsp3) is 0.278. The summed E-state index contributed by atoms with van der Waals surface area (Å²) in [5, 5.41) is 2.99. The number of benzene rings is 2. The van der Waals surface area contributed by atoms with E-state index >= 15 is 0 Å². The van der Waals surface area contributed by atoms with Crippen LogP contribution in [0, 0.1) is 13.8 Å². The van der Waals surface area contributed by atoms with Crippen molar-refractivity contribution < 1.29 is 9.53 Å². The molecule has 3 rings (SSSR count). The van der Waals surface area contributed by atoms with Crippen molar-refractivity contribution in [2.75, 3.05) is 12.4 Å². The summed E-state index contributed by atoms with van der Waals surface area (Å²) in [7, 11) is 1.64. The average molecular weight is 296 g/mol. The molecule has 4 nitrogen and oxygen atoms in total. The molecule has 0 atom stereocenters. The van der Waals surface area contributed by atoms with E-state index in [1.807, 2.05) is 36.1 Å². The summed E-state index contributed by atoms with van der Waals surface area (Å²) in [6.45, 7) is 5.38. The number of hydrogen-bond acceptors (Lipinski definition) is 2. The second-order valence-corrected chi connectivity index (χ2v) is 5.68. The lowest BCUT2D eigenvalue weighted by Crippen LogP contribution is -2.30. The van der Waals surface area contributed by atoms with Crippen molar-refractivity contribution in [3.8, 4) is 5.75 Å². The van der Waals surface area contributed by atoms with E-state index in [1.54, 1.807) is 7.11 Å². The normalized spacial score (nSPS) is 13.0. The van der Waals surface area contributed by atoms with Crippen LogP contribution in [0.3, 0.4) is 0 Å². The maximum Gasteiger partial charge on any atom is 0.322 e. The van der Waals surface area contributed by atoms with Crippen LogP contribution in [0.1, 0.15) is 22.3 Å². The fourth-order valence-electron chi connectivity index (χ4n) is 2.83. The zero-order valence-electron chi connectivity index (χ0n) is 13.1. The van der Waals surface area contributed by atoms with Gasteiger partial charge in [-0.15, -0.1) is 0 Å². The highest BCUT2D eigenvalue weighted by Crippen LogP contribution is 2.27. The standard InChI is InChI=1S/C18H20N2O2/c1-12-5-4-6-14-10-20(11-16(12)14)18(21)19-17-8-7-15(22-3)9-13(17)2/h4-9H,10-11H2,1-3H3,(H,19,21). The van der Waals surface area contributed by atoms with Gasteiger partial charge in [0.25, 0.3) is 0 Å². The molecule has 0 bridgehead atoms. The van der Waals surface area contributed by atoms with E-state index in [4.69, 9.17) is 4.74 Å². The first-order valence-electron chi connectivity index (χ1n) is 7.36. The Kier molecular flexibility index (Phi) is 3.75. The van der Waals surface area contributed by atoms with Gasteiger partial charge in [0.15, 0.2) is 0 Å². The zero-order chi connectivity index (χ0) is 15.7. The maximum absolute atomic E-state index is 12.5. The lowest BCUT2D eigenvalue weighted by Gasteiger charge is -2.18. The molecule has 0 saturated heterocycles. The third-order valence-corrected chi connectivity index (χ3v) is 4.18. The van der Waals surface area contributed by atoms with Gasteiger partial charge in [0.05, 0.1) is 7.11 Å². The quantitative estimate of drug-likeness (QED) is 0.914. The number of hydrogen-bond donors (Lipinski definition) is 1. The van der Waals surface area contributed by atoms with Gasteiger partial charge in [0.2, 0.25) is 0 Å². The number of carbonyl (C=O) groups is 1. The van der Waals surface area contributed by atoms with Crippen molar-refractivity contribution in [3.05, 3.63) is 58.7 Å². The van der Waals surface area contributed by atoms with Crippen LogP contribution in [0.25, 0.3) is 0 Å². The summed E-state index contributed by atoms with van der Waals surface area (Å²) in [6, 6.07) is 11.8. The Bertz CT molecular complexity index is 725. The van der Waals surface area contributed by atoms with Crippen molar-refractivity contribution in [1.29, 1.82) is 0 Å². The molecule has 2 amide bonds. The molecule has 0 saturated carbocycles. The number of rotatable bonds is 2. The van der Waals surface area contributed by atoms with Gasteiger partial charge in [0, 0.05) is 18.8 Å². The van der Waals surface area contributed by atoms with Crippen LogP contribution in [-0.2, 0) is 13.1 Å². The van der Waals surface area contributed by atoms with Crippen molar-refractivity contribution in [1.82, 2.24) is 4.90 Å². The first-order valence-corrected chi connectivity index (χ1v) is 7.36. The van der Waals surface area contributed by atoms with Crippen LogP contribution in [0.15, 0.2) is 36.4 Å². The minimum Gasteiger partial charge on any atom is -0.497 e. The Morgan fingerprint density at radius 2 is 1.95 bits per heavy atom. The Morgan fingerprint density at radius 1 is 1.14 bits per heavy atom. The number of aryl methyl sites for hydroxylation is 2. The molecule has 2 aromatic rings. The summed E-state index contributed by atoms with van der Waals surface area (Å²) in [4.78, 5) is 14.3. The summed E-state index contributed by atoms with van der Waals surface area (Å²) < 4.78 is 5.19. The minimum atomic E-state index is -0.0659. The summed E-state index contributed by atoms with van der Waals surface area (Å²) >= 11 is 0. The predicted octanol–water partition coefficient (Wildman–Crippen LogP) is 3.86. The molecular weight excluding hydrogens is 276 g/mol. The van der Waals surface area contributed by atoms with Crippen LogP contribution in [-0.4, -0.2) is 18.0 Å². The van der Waals surface area contributed by atoms with E-state index in [2.05, 4.69) is 24.4 Å². The van der Waals surface area contributed by atoms with Gasteiger partial charge in [-0.05, 0) is 54.3 Å². The molecule has 114 valence electrons. The van der Waals surface area contributed by atoms with Crippen molar-refractivity contribution >= 4 is 11.7 Å². The number of ether oxygens (including phenoxy) is 1. The number of carbonyl (C=O) groups excluding carboxylic acids is 1. The highest BCUT2D eigenvalue weighted by Gasteiger charge is 2.24. The number of urea groups is 1. The first kappa shape index (κ1) is 14.4. The third-order valence-electron chi connectivity index (χ3n) is 4.18. The highest BCUT2D eigenvalue weighted by molar-refractivity contribution is 5.90. The Morgan fingerprint density at radius 3 is 2.64 bits per heavy atom. The lowest BCUT2D eigenvalue weighted by atomic mass is 10.1. The number of nitrogens with one attached hydrogen (secondary N) is 1. The molecule has 1 heterocycles. The molecule has 2 aromatic carbocycles. The van der Waals surface area contributed by atoms with Crippen molar-refractivity contribution in [2.24, 2.45) is 0 Å². The van der Waals surface area contributed by atoms with Gasteiger partial charge < -0.3 is 15.0 Å². The number of amides is 2. The van der Waals surface area contributed by atoms with Crippen molar-refractivity contribution in [3.63, 3.8) is 0 Å². The topological polar surface area (TPSA) is 41.6 Å². The number of anilines is 1. The molecule has 0 aromatic heterocycles. The Balaban J connectivity index is 1.73. The van der Waals surface area contributed by atoms with E-state index in [0.29, 0.717) is 13.1 Å². The Labute approximate surface area is 130 Å². The van der Waals surface area contributed by atoms with Crippen LogP contribution < -0.4 is 10.1 Å². The second kappa shape index (κ2) is 5.72. The van der Waals surface area contributed by atoms with E-state index in [-0.39, 0.29) is 6.03 Å². The molecule has 4 heteroatoms. The molecule has 1 aliphatic heterocycles. The molecule has 0 unspecified atom stereocenters. The number of methoxy groups -OCH3 is 1. The summed E-state index contributed by atoms with van der Waals surface area (Å²) in [5.41, 5.74) is 5.55. The molecule has 22 heavy (non-hydrogen) atoms. The largest absolute Gasteiger partial charge is 0.497 e. The fourth-order valence-corrected chi connectivity index (χ4v) is 2.83. The van der Waals surface area contributed by atoms with Gasteiger partial charge in [-0.25, -0.2) is 4.79 Å². The average Bonchev–Trinajstić information content (AvgIpc) is 2.95. The van der Waals surface area contributed by atoms with Crippen LogP contribution >= 0.6 is 0 Å². The molecule has 0 spiro atoms. The van der Waals surface area contributed by atoms with Crippen LogP contribution in [0.2, 0.25) is 0 Å². The first-order chi connectivity index (χ1) is 10.6.